The Bertz CT molecular complexity index is 357. The van der Waals surface area contributed by atoms with E-state index in [9.17, 15) is 13.2 Å². The van der Waals surface area contributed by atoms with Gasteiger partial charge in [0.05, 0.1) is 0 Å². The third-order valence-electron chi connectivity index (χ3n) is 2.71. The number of halogens is 3. The fourth-order valence-electron chi connectivity index (χ4n) is 1.93. The maximum atomic E-state index is 11.9. The van der Waals surface area contributed by atoms with Crippen molar-refractivity contribution in [3.8, 4) is 0 Å². The predicted molar refractivity (Wildman–Crippen MR) is 67.8 cm³/mol. The van der Waals surface area contributed by atoms with Gasteiger partial charge in [0.1, 0.15) is 13.3 Å². The zero-order valence-electron chi connectivity index (χ0n) is 11.3. The molecule has 0 aliphatic rings. The third-order valence-corrected chi connectivity index (χ3v) is 2.71. The minimum Gasteiger partial charge on any atom is -0.351 e. The first kappa shape index (κ1) is 16.0. The molecule has 19 heavy (non-hydrogen) atoms. The standard InChI is InChI=1S/C13H21F3N2O/c1-3-5-12(17-4-2)11-6-7-18(8-11)10-19-9-13(14,15)16/h6-8,12,17H,3-5,9-10H2,1-2H3. The highest BCUT2D eigenvalue weighted by Gasteiger charge is 2.27. The van der Waals surface area contributed by atoms with Crippen molar-refractivity contribution < 1.29 is 17.9 Å². The monoisotopic (exact) mass is 278 g/mol. The molecular formula is C13H21F3N2O. The summed E-state index contributed by atoms with van der Waals surface area (Å²) in [5.74, 6) is 0. The number of rotatable bonds is 8. The SMILES string of the molecule is CCCC(NCC)c1ccn(COCC(F)(F)F)c1. The first-order valence-corrected chi connectivity index (χ1v) is 6.49. The first-order valence-electron chi connectivity index (χ1n) is 6.49. The lowest BCUT2D eigenvalue weighted by Gasteiger charge is -2.15. The summed E-state index contributed by atoms with van der Waals surface area (Å²) in [6, 6.07) is 2.17. The molecule has 0 bridgehead atoms. The molecule has 1 N–H and O–H groups in total. The fraction of sp³-hybridized carbons (Fsp3) is 0.692. The van der Waals surface area contributed by atoms with Crippen molar-refractivity contribution in [1.29, 1.82) is 0 Å². The average molecular weight is 278 g/mol. The van der Waals surface area contributed by atoms with Crippen molar-refractivity contribution in [2.24, 2.45) is 0 Å². The third kappa shape index (κ3) is 6.11. The van der Waals surface area contributed by atoms with Crippen LogP contribution in [0, 0.1) is 0 Å². The van der Waals surface area contributed by atoms with Gasteiger partial charge in [-0.25, -0.2) is 0 Å². The van der Waals surface area contributed by atoms with Crippen molar-refractivity contribution in [3.63, 3.8) is 0 Å². The lowest BCUT2D eigenvalue weighted by atomic mass is 10.1. The maximum Gasteiger partial charge on any atom is 0.411 e. The summed E-state index contributed by atoms with van der Waals surface area (Å²) in [7, 11) is 0. The van der Waals surface area contributed by atoms with E-state index < -0.39 is 12.8 Å². The molecule has 1 aromatic heterocycles. The Balaban J connectivity index is 2.50. The summed E-state index contributed by atoms with van der Waals surface area (Å²) >= 11 is 0. The number of nitrogens with one attached hydrogen (secondary N) is 1. The van der Waals surface area contributed by atoms with Crippen molar-refractivity contribution in [1.82, 2.24) is 9.88 Å². The molecule has 0 fully saturated rings. The molecule has 0 aromatic carbocycles. The second kappa shape index (κ2) is 7.55. The van der Waals surface area contributed by atoms with Crippen molar-refractivity contribution >= 4 is 0 Å². The van der Waals surface area contributed by atoms with Crippen LogP contribution >= 0.6 is 0 Å². The van der Waals surface area contributed by atoms with Crippen LogP contribution in [0.3, 0.4) is 0 Å². The molecule has 1 rings (SSSR count). The Hall–Kier alpha value is -1.01. The van der Waals surface area contributed by atoms with E-state index in [1.807, 2.05) is 19.2 Å². The zero-order valence-corrected chi connectivity index (χ0v) is 11.3. The molecule has 0 saturated carbocycles. The molecule has 1 aromatic rings. The van der Waals surface area contributed by atoms with Crippen LogP contribution in [0.15, 0.2) is 18.5 Å². The predicted octanol–water partition coefficient (Wildman–Crippen LogP) is 3.48. The molecule has 0 spiro atoms. The molecule has 110 valence electrons. The van der Waals surface area contributed by atoms with E-state index in [2.05, 4.69) is 17.0 Å². The lowest BCUT2D eigenvalue weighted by Crippen LogP contribution is -2.20. The molecule has 6 heteroatoms. The Morgan fingerprint density at radius 1 is 1.37 bits per heavy atom. The quantitative estimate of drug-likeness (QED) is 0.788. The fourth-order valence-corrected chi connectivity index (χ4v) is 1.93. The van der Waals surface area contributed by atoms with Gasteiger partial charge in [0.2, 0.25) is 0 Å². The topological polar surface area (TPSA) is 26.2 Å². The highest BCUT2D eigenvalue weighted by atomic mass is 19.4. The summed E-state index contributed by atoms with van der Waals surface area (Å²) < 4.78 is 42.1. The molecule has 3 nitrogen and oxygen atoms in total. The van der Waals surface area contributed by atoms with Gasteiger partial charge in [-0.15, -0.1) is 0 Å². The lowest BCUT2D eigenvalue weighted by molar-refractivity contribution is -0.181. The van der Waals surface area contributed by atoms with Crippen LogP contribution in [0.4, 0.5) is 13.2 Å². The van der Waals surface area contributed by atoms with Crippen LogP contribution in [-0.2, 0) is 11.5 Å². The molecule has 1 unspecified atom stereocenters. The van der Waals surface area contributed by atoms with Gasteiger partial charge in [-0.3, -0.25) is 0 Å². The number of nitrogens with zero attached hydrogens (tertiary/aromatic N) is 1. The molecule has 0 saturated heterocycles. The van der Waals surface area contributed by atoms with Crippen LogP contribution in [-0.4, -0.2) is 23.9 Å². The smallest absolute Gasteiger partial charge is 0.351 e. The van der Waals surface area contributed by atoms with E-state index in [1.54, 1.807) is 10.8 Å². The van der Waals surface area contributed by atoms with Crippen LogP contribution in [0.2, 0.25) is 0 Å². The van der Waals surface area contributed by atoms with E-state index in [0.717, 1.165) is 24.9 Å². The number of hydrogen-bond donors (Lipinski definition) is 1. The van der Waals surface area contributed by atoms with Gasteiger partial charge < -0.3 is 14.6 Å². The van der Waals surface area contributed by atoms with Crippen LogP contribution in [0.25, 0.3) is 0 Å². The number of alkyl halides is 3. The second-order valence-corrected chi connectivity index (χ2v) is 4.45. The molecule has 1 atom stereocenters. The van der Waals surface area contributed by atoms with Crippen LogP contribution in [0.1, 0.15) is 38.3 Å². The van der Waals surface area contributed by atoms with E-state index in [1.165, 1.54) is 0 Å². The molecule has 1 heterocycles. The summed E-state index contributed by atoms with van der Waals surface area (Å²) in [5.41, 5.74) is 1.08. The van der Waals surface area contributed by atoms with Crippen LogP contribution < -0.4 is 5.32 Å². The van der Waals surface area contributed by atoms with Gasteiger partial charge in [0, 0.05) is 18.4 Å². The van der Waals surface area contributed by atoms with Crippen LogP contribution in [0.5, 0.6) is 0 Å². The number of aromatic nitrogens is 1. The summed E-state index contributed by atoms with van der Waals surface area (Å²) in [4.78, 5) is 0. The number of hydrogen-bond acceptors (Lipinski definition) is 2. The second-order valence-electron chi connectivity index (χ2n) is 4.45. The molecule has 0 radical (unpaired) electrons. The highest BCUT2D eigenvalue weighted by Crippen LogP contribution is 2.19. The average Bonchev–Trinajstić information content (AvgIpc) is 2.76. The van der Waals surface area contributed by atoms with E-state index in [4.69, 9.17) is 0 Å². The van der Waals surface area contributed by atoms with Crippen molar-refractivity contribution in [2.45, 2.75) is 45.6 Å². The maximum absolute atomic E-state index is 11.9. The first-order chi connectivity index (χ1) is 8.96. The minimum absolute atomic E-state index is 0.0789. The normalized spacial score (nSPS) is 13.7. The molecule has 0 aliphatic heterocycles. The van der Waals surface area contributed by atoms with Gasteiger partial charge in [0.25, 0.3) is 0 Å². The van der Waals surface area contributed by atoms with E-state index in [0.29, 0.717) is 0 Å². The Morgan fingerprint density at radius 3 is 2.68 bits per heavy atom. The highest BCUT2D eigenvalue weighted by molar-refractivity contribution is 5.15. The zero-order chi connectivity index (χ0) is 14.3. The Morgan fingerprint density at radius 2 is 2.11 bits per heavy atom. The summed E-state index contributed by atoms with van der Waals surface area (Å²) in [5, 5.41) is 3.36. The van der Waals surface area contributed by atoms with Gasteiger partial charge in [-0.05, 0) is 24.6 Å². The van der Waals surface area contributed by atoms with Crippen molar-refractivity contribution in [3.05, 3.63) is 24.0 Å². The van der Waals surface area contributed by atoms with E-state index >= 15 is 0 Å². The Labute approximate surface area is 111 Å². The van der Waals surface area contributed by atoms with Gasteiger partial charge >= 0.3 is 6.18 Å². The molecule has 0 aliphatic carbocycles. The van der Waals surface area contributed by atoms with Gasteiger partial charge in [-0.1, -0.05) is 20.3 Å². The minimum atomic E-state index is -4.27. The Kier molecular flexibility index (Phi) is 6.37. The van der Waals surface area contributed by atoms with Gasteiger partial charge in [0.15, 0.2) is 0 Å². The largest absolute Gasteiger partial charge is 0.411 e. The van der Waals surface area contributed by atoms with Gasteiger partial charge in [-0.2, -0.15) is 13.2 Å². The summed E-state index contributed by atoms with van der Waals surface area (Å²) in [6.45, 7) is 3.71. The van der Waals surface area contributed by atoms with Crippen molar-refractivity contribution in [2.75, 3.05) is 13.2 Å². The molecule has 0 amide bonds. The number of ether oxygens (including phenoxy) is 1. The summed E-state index contributed by atoms with van der Waals surface area (Å²) in [6.07, 6.45) is 1.35. The van der Waals surface area contributed by atoms with E-state index in [-0.39, 0.29) is 12.8 Å². The molecular weight excluding hydrogens is 257 g/mol.